The Hall–Kier alpha value is -2.82. The van der Waals surface area contributed by atoms with E-state index >= 15 is 0 Å². The molecule has 5 heteroatoms. The van der Waals surface area contributed by atoms with Gasteiger partial charge in [-0.15, -0.1) is 0 Å². The Kier molecular flexibility index (Phi) is 9.76. The molecule has 0 saturated carbocycles. The molecule has 0 aromatic heterocycles. The van der Waals surface area contributed by atoms with Gasteiger partial charge in [0.05, 0.1) is 0 Å². The fraction of sp³-hybridized carbons (Fsp3) is 0.481. The topological polar surface area (TPSA) is 58.6 Å². The van der Waals surface area contributed by atoms with Crippen molar-refractivity contribution in [3.8, 4) is 5.75 Å². The molecule has 1 N–H and O–H groups in total. The average molecular weight is 439 g/mol. The monoisotopic (exact) mass is 438 g/mol. The van der Waals surface area contributed by atoms with Crippen LogP contribution < -0.4 is 10.1 Å². The van der Waals surface area contributed by atoms with E-state index in [0.717, 1.165) is 17.5 Å². The number of hydrogen-bond acceptors (Lipinski definition) is 3. The Morgan fingerprint density at radius 1 is 1.00 bits per heavy atom. The zero-order valence-corrected chi connectivity index (χ0v) is 20.2. The van der Waals surface area contributed by atoms with E-state index in [1.54, 1.807) is 4.90 Å². The molecule has 0 bridgehead atoms. The van der Waals surface area contributed by atoms with E-state index in [1.807, 2.05) is 68.4 Å². The van der Waals surface area contributed by atoms with E-state index in [-0.39, 0.29) is 23.8 Å². The predicted octanol–water partition coefficient (Wildman–Crippen LogP) is 4.74. The second-order valence-corrected chi connectivity index (χ2v) is 9.07. The molecule has 2 amide bonds. The minimum absolute atomic E-state index is 0.0978. The first-order valence-corrected chi connectivity index (χ1v) is 11.6. The van der Waals surface area contributed by atoms with Crippen LogP contribution in [0, 0.1) is 0 Å². The van der Waals surface area contributed by atoms with Crippen molar-refractivity contribution in [2.75, 3.05) is 19.7 Å². The van der Waals surface area contributed by atoms with Gasteiger partial charge in [0.1, 0.15) is 11.8 Å². The number of para-hydroxylation sites is 1. The molecule has 2 rings (SSSR count). The second kappa shape index (κ2) is 12.3. The summed E-state index contributed by atoms with van der Waals surface area (Å²) < 4.78 is 5.99. The smallest absolute Gasteiger partial charge is 0.261 e. The van der Waals surface area contributed by atoms with Crippen LogP contribution >= 0.6 is 0 Å². The molecule has 0 radical (unpaired) electrons. The largest absolute Gasteiger partial charge is 0.483 e. The highest BCUT2D eigenvalue weighted by molar-refractivity contribution is 5.88. The molecule has 32 heavy (non-hydrogen) atoms. The summed E-state index contributed by atoms with van der Waals surface area (Å²) in [6.45, 7) is 11.3. The van der Waals surface area contributed by atoms with Gasteiger partial charge in [-0.3, -0.25) is 9.59 Å². The number of ether oxygens (including phenoxy) is 1. The number of carbonyl (C=O) groups is 2. The summed E-state index contributed by atoms with van der Waals surface area (Å²) in [7, 11) is 0. The Labute approximate surface area is 193 Å². The third kappa shape index (κ3) is 7.40. The van der Waals surface area contributed by atoms with Crippen LogP contribution in [0.3, 0.4) is 0 Å². The predicted molar refractivity (Wildman–Crippen MR) is 130 cm³/mol. The summed E-state index contributed by atoms with van der Waals surface area (Å²) >= 11 is 0. The molecule has 1 unspecified atom stereocenters. The first kappa shape index (κ1) is 25.4. The molecular formula is C27H38N2O3. The number of benzene rings is 2. The van der Waals surface area contributed by atoms with Crippen molar-refractivity contribution in [2.45, 2.75) is 65.3 Å². The quantitative estimate of drug-likeness (QED) is 0.551. The van der Waals surface area contributed by atoms with Gasteiger partial charge in [0.2, 0.25) is 5.91 Å². The van der Waals surface area contributed by atoms with Crippen molar-refractivity contribution in [3.05, 3.63) is 65.7 Å². The van der Waals surface area contributed by atoms with Crippen molar-refractivity contribution in [3.63, 3.8) is 0 Å². The van der Waals surface area contributed by atoms with Crippen LogP contribution in [0.4, 0.5) is 0 Å². The maximum Gasteiger partial charge on any atom is 0.261 e. The molecule has 1 atom stereocenters. The molecule has 0 aliphatic heterocycles. The normalized spacial score (nSPS) is 12.2. The van der Waals surface area contributed by atoms with Gasteiger partial charge in [-0.25, -0.2) is 0 Å². The molecule has 0 aliphatic rings. The fourth-order valence-corrected chi connectivity index (χ4v) is 3.70. The zero-order chi connectivity index (χ0) is 23.6. The highest BCUT2D eigenvalue weighted by atomic mass is 16.5. The summed E-state index contributed by atoms with van der Waals surface area (Å²) in [5, 5.41) is 2.95. The van der Waals surface area contributed by atoms with Crippen LogP contribution in [0.25, 0.3) is 0 Å². The van der Waals surface area contributed by atoms with Crippen LogP contribution in [-0.4, -0.2) is 42.5 Å². The van der Waals surface area contributed by atoms with Crippen LogP contribution in [0.2, 0.25) is 0 Å². The van der Waals surface area contributed by atoms with Crippen molar-refractivity contribution in [1.29, 1.82) is 0 Å². The Morgan fingerprint density at radius 3 is 2.28 bits per heavy atom. The first-order chi connectivity index (χ1) is 15.3. The summed E-state index contributed by atoms with van der Waals surface area (Å²) in [6.07, 6.45) is 2.09. The molecule has 174 valence electrons. The minimum atomic E-state index is -0.515. The third-order valence-electron chi connectivity index (χ3n) is 5.47. The Morgan fingerprint density at radius 2 is 1.66 bits per heavy atom. The number of hydrogen-bond donors (Lipinski definition) is 1. The average Bonchev–Trinajstić information content (AvgIpc) is 2.78. The van der Waals surface area contributed by atoms with Crippen LogP contribution in [0.15, 0.2) is 54.6 Å². The molecule has 0 fully saturated rings. The number of carbonyl (C=O) groups excluding carboxylic acids is 2. The third-order valence-corrected chi connectivity index (χ3v) is 5.47. The fourth-order valence-electron chi connectivity index (χ4n) is 3.70. The number of rotatable bonds is 11. The molecule has 0 aliphatic carbocycles. The van der Waals surface area contributed by atoms with Gasteiger partial charge in [0, 0.05) is 13.1 Å². The maximum absolute atomic E-state index is 13.3. The van der Waals surface area contributed by atoms with E-state index < -0.39 is 6.04 Å². The van der Waals surface area contributed by atoms with Crippen molar-refractivity contribution < 1.29 is 14.3 Å². The Bertz CT molecular complexity index is 859. The van der Waals surface area contributed by atoms with Gasteiger partial charge < -0.3 is 15.0 Å². The first-order valence-electron chi connectivity index (χ1n) is 11.6. The summed E-state index contributed by atoms with van der Waals surface area (Å²) in [4.78, 5) is 27.8. The SMILES string of the molecule is CCCNC(=O)C(CC)N(CCc1ccccc1)C(=O)COc1ccccc1C(C)(C)C. The number of nitrogens with one attached hydrogen (secondary N) is 1. The summed E-state index contributed by atoms with van der Waals surface area (Å²) in [6, 6.07) is 17.3. The van der Waals surface area contributed by atoms with E-state index in [0.29, 0.717) is 31.7 Å². The van der Waals surface area contributed by atoms with Gasteiger partial charge in [0.25, 0.3) is 5.91 Å². The standard InChI is InChI=1S/C27H38N2O3/c1-6-18-28-26(31)23(7-2)29(19-17-21-13-9-8-10-14-21)25(30)20-32-24-16-12-11-15-22(24)27(3,4)5/h8-16,23H,6-7,17-20H2,1-5H3,(H,28,31). The lowest BCUT2D eigenvalue weighted by Gasteiger charge is -2.31. The summed E-state index contributed by atoms with van der Waals surface area (Å²) in [5.41, 5.74) is 2.09. The van der Waals surface area contributed by atoms with Gasteiger partial charge in [0.15, 0.2) is 6.61 Å². The van der Waals surface area contributed by atoms with Gasteiger partial charge in [-0.1, -0.05) is 83.1 Å². The van der Waals surface area contributed by atoms with Crippen LogP contribution in [0.5, 0.6) is 5.75 Å². The molecule has 2 aromatic rings. The zero-order valence-electron chi connectivity index (χ0n) is 20.2. The van der Waals surface area contributed by atoms with Crippen molar-refractivity contribution in [2.24, 2.45) is 0 Å². The van der Waals surface area contributed by atoms with Gasteiger partial charge >= 0.3 is 0 Å². The van der Waals surface area contributed by atoms with E-state index in [9.17, 15) is 9.59 Å². The van der Waals surface area contributed by atoms with Gasteiger partial charge in [-0.2, -0.15) is 0 Å². The minimum Gasteiger partial charge on any atom is -0.483 e. The lowest BCUT2D eigenvalue weighted by atomic mass is 9.86. The molecule has 0 spiro atoms. The molecule has 5 nitrogen and oxygen atoms in total. The second-order valence-electron chi connectivity index (χ2n) is 9.07. The van der Waals surface area contributed by atoms with Crippen LogP contribution in [-0.2, 0) is 21.4 Å². The number of amides is 2. The Balaban J connectivity index is 2.18. The lowest BCUT2D eigenvalue weighted by Crippen LogP contribution is -2.51. The highest BCUT2D eigenvalue weighted by Crippen LogP contribution is 2.31. The highest BCUT2D eigenvalue weighted by Gasteiger charge is 2.29. The van der Waals surface area contributed by atoms with E-state index in [4.69, 9.17) is 4.74 Å². The van der Waals surface area contributed by atoms with Crippen molar-refractivity contribution in [1.82, 2.24) is 10.2 Å². The van der Waals surface area contributed by atoms with Crippen LogP contribution in [0.1, 0.15) is 58.6 Å². The van der Waals surface area contributed by atoms with Gasteiger partial charge in [-0.05, 0) is 41.9 Å². The lowest BCUT2D eigenvalue weighted by molar-refractivity contribution is -0.142. The van der Waals surface area contributed by atoms with E-state index in [1.165, 1.54) is 0 Å². The maximum atomic E-state index is 13.3. The van der Waals surface area contributed by atoms with Crippen molar-refractivity contribution >= 4 is 11.8 Å². The molecule has 2 aromatic carbocycles. The number of nitrogens with zero attached hydrogens (tertiary/aromatic N) is 1. The molecular weight excluding hydrogens is 400 g/mol. The summed E-state index contributed by atoms with van der Waals surface area (Å²) in [5.74, 6) is 0.425. The molecule has 0 heterocycles. The van der Waals surface area contributed by atoms with E-state index in [2.05, 4.69) is 26.1 Å². The molecule has 0 saturated heterocycles.